The van der Waals surface area contributed by atoms with Gasteiger partial charge in [-0.25, -0.2) is 0 Å². The van der Waals surface area contributed by atoms with E-state index < -0.39 is 17.8 Å². The van der Waals surface area contributed by atoms with E-state index in [0.717, 1.165) is 21.4 Å². The number of amides is 1. The van der Waals surface area contributed by atoms with Gasteiger partial charge in [0.1, 0.15) is 6.04 Å². The van der Waals surface area contributed by atoms with Crippen LogP contribution in [-0.2, 0) is 11.0 Å². The quantitative estimate of drug-likeness (QED) is 0.656. The van der Waals surface area contributed by atoms with Gasteiger partial charge in [-0.2, -0.15) is 18.0 Å². The van der Waals surface area contributed by atoms with E-state index in [1.807, 2.05) is 0 Å². The van der Waals surface area contributed by atoms with Crippen molar-refractivity contribution in [2.45, 2.75) is 19.1 Å². The van der Waals surface area contributed by atoms with E-state index in [0.29, 0.717) is 5.69 Å². The second-order valence-electron chi connectivity index (χ2n) is 5.68. The molecule has 1 atom stereocenters. The van der Waals surface area contributed by atoms with Crippen molar-refractivity contribution in [1.29, 1.82) is 0 Å². The van der Waals surface area contributed by atoms with Gasteiger partial charge in [-0.05, 0) is 48.5 Å². The van der Waals surface area contributed by atoms with Crippen LogP contribution in [-0.4, -0.2) is 26.1 Å². The molecule has 0 radical (unpaired) electrons. The lowest BCUT2D eigenvalue weighted by molar-refractivity contribution is -0.137. The average Bonchev–Trinajstić information content (AvgIpc) is 3.12. The molecule has 140 valence electrons. The van der Waals surface area contributed by atoms with E-state index in [9.17, 15) is 18.0 Å². The highest BCUT2D eigenvalue weighted by Gasteiger charge is 2.31. The molecule has 0 aliphatic rings. The molecule has 1 amide bonds. The lowest BCUT2D eigenvalue weighted by Crippen LogP contribution is -2.25. The molecule has 0 saturated carbocycles. The van der Waals surface area contributed by atoms with Crippen LogP contribution in [0.5, 0.6) is 0 Å². The summed E-state index contributed by atoms with van der Waals surface area (Å²) in [5.74, 6) is -0.380. The second-order valence-corrected chi connectivity index (χ2v) is 6.60. The summed E-state index contributed by atoms with van der Waals surface area (Å²) in [7, 11) is 0. The largest absolute Gasteiger partial charge is 0.416 e. The van der Waals surface area contributed by atoms with E-state index in [2.05, 4.69) is 36.7 Å². The maximum absolute atomic E-state index is 12.8. The van der Waals surface area contributed by atoms with Gasteiger partial charge in [0.05, 0.1) is 5.56 Å². The van der Waals surface area contributed by atoms with Crippen molar-refractivity contribution in [1.82, 2.24) is 20.2 Å². The molecular formula is C17H13BrF3N5O. The predicted molar refractivity (Wildman–Crippen MR) is 95.7 cm³/mol. The van der Waals surface area contributed by atoms with Crippen LogP contribution < -0.4 is 5.32 Å². The van der Waals surface area contributed by atoms with Gasteiger partial charge in [0.15, 0.2) is 0 Å². The van der Waals surface area contributed by atoms with Gasteiger partial charge in [-0.15, -0.1) is 10.2 Å². The fourth-order valence-corrected chi connectivity index (χ4v) is 2.49. The molecule has 0 saturated heterocycles. The molecule has 1 unspecified atom stereocenters. The van der Waals surface area contributed by atoms with Crippen molar-refractivity contribution in [3.8, 4) is 11.4 Å². The minimum atomic E-state index is -4.47. The zero-order valence-corrected chi connectivity index (χ0v) is 15.5. The molecule has 1 N–H and O–H groups in total. The van der Waals surface area contributed by atoms with Crippen molar-refractivity contribution in [3.05, 3.63) is 58.6 Å². The number of carbonyl (C=O) groups is 1. The number of rotatable bonds is 4. The fraction of sp³-hybridized carbons (Fsp3) is 0.176. The number of hydrogen-bond donors (Lipinski definition) is 1. The highest BCUT2D eigenvalue weighted by atomic mass is 79.9. The number of nitrogens with zero attached hydrogens (tertiary/aromatic N) is 4. The third-order valence-corrected chi connectivity index (χ3v) is 4.24. The highest BCUT2D eigenvalue weighted by molar-refractivity contribution is 9.10. The second kappa shape index (κ2) is 7.47. The Morgan fingerprint density at radius 3 is 2.56 bits per heavy atom. The molecule has 0 fully saturated rings. The van der Waals surface area contributed by atoms with Gasteiger partial charge in [-0.3, -0.25) is 4.79 Å². The van der Waals surface area contributed by atoms with E-state index in [1.54, 1.807) is 31.2 Å². The van der Waals surface area contributed by atoms with Crippen LogP contribution in [0.25, 0.3) is 11.4 Å². The Hall–Kier alpha value is -2.75. The first-order valence-electron chi connectivity index (χ1n) is 7.77. The summed E-state index contributed by atoms with van der Waals surface area (Å²) < 4.78 is 39.4. The molecule has 2 aromatic carbocycles. The molecular weight excluding hydrogens is 427 g/mol. The average molecular weight is 440 g/mol. The Morgan fingerprint density at radius 2 is 1.89 bits per heavy atom. The minimum Gasteiger partial charge on any atom is -0.324 e. The molecule has 0 bridgehead atoms. The topological polar surface area (TPSA) is 72.7 Å². The summed E-state index contributed by atoms with van der Waals surface area (Å²) in [6.45, 7) is 1.56. The molecule has 3 aromatic rings. The number of alkyl halides is 3. The molecule has 0 spiro atoms. The maximum atomic E-state index is 12.8. The van der Waals surface area contributed by atoms with Gasteiger partial charge in [0.2, 0.25) is 5.82 Å². The Bertz CT molecular complexity index is 956. The molecule has 0 aliphatic heterocycles. The molecule has 6 nitrogen and oxygen atoms in total. The van der Waals surface area contributed by atoms with E-state index in [1.165, 1.54) is 12.1 Å². The van der Waals surface area contributed by atoms with Crippen LogP contribution in [0.3, 0.4) is 0 Å². The molecule has 1 heterocycles. The summed E-state index contributed by atoms with van der Waals surface area (Å²) in [5.41, 5.74) is -0.0535. The third kappa shape index (κ3) is 4.51. The van der Waals surface area contributed by atoms with E-state index >= 15 is 0 Å². The first-order chi connectivity index (χ1) is 12.7. The van der Waals surface area contributed by atoms with Crippen LogP contribution in [0.1, 0.15) is 18.5 Å². The van der Waals surface area contributed by atoms with Crippen LogP contribution in [0.15, 0.2) is 53.0 Å². The Morgan fingerprint density at radius 1 is 1.19 bits per heavy atom. The van der Waals surface area contributed by atoms with Crippen LogP contribution in [0, 0.1) is 0 Å². The van der Waals surface area contributed by atoms with E-state index in [4.69, 9.17) is 0 Å². The first-order valence-corrected chi connectivity index (χ1v) is 8.57. The highest BCUT2D eigenvalue weighted by Crippen LogP contribution is 2.31. The van der Waals surface area contributed by atoms with Crippen molar-refractivity contribution in [3.63, 3.8) is 0 Å². The molecule has 27 heavy (non-hydrogen) atoms. The number of halogens is 4. The van der Waals surface area contributed by atoms with Crippen molar-refractivity contribution < 1.29 is 18.0 Å². The molecule has 10 heteroatoms. The van der Waals surface area contributed by atoms with Gasteiger partial charge in [0, 0.05) is 15.7 Å². The molecule has 1 aromatic heterocycles. The summed E-state index contributed by atoms with van der Waals surface area (Å²) in [6, 6.07) is 10.8. The van der Waals surface area contributed by atoms with Crippen molar-refractivity contribution >= 4 is 27.5 Å². The summed E-state index contributed by atoms with van der Waals surface area (Å²) >= 11 is 3.30. The smallest absolute Gasteiger partial charge is 0.324 e. The maximum Gasteiger partial charge on any atom is 0.416 e. The minimum absolute atomic E-state index is 0.00407. The SMILES string of the molecule is CC(C(=O)Nc1ccc(Br)cc1)n1nnc(-c2cccc(C(F)(F)F)c2)n1. The number of anilines is 1. The summed E-state index contributed by atoms with van der Waals surface area (Å²) in [4.78, 5) is 13.4. The van der Waals surface area contributed by atoms with Crippen LogP contribution in [0.4, 0.5) is 18.9 Å². The Labute approximate surface area is 160 Å². The van der Waals surface area contributed by atoms with Crippen molar-refractivity contribution in [2.75, 3.05) is 5.32 Å². The standard InChI is InChI=1S/C17H13BrF3N5O/c1-10(16(27)22-14-7-5-13(18)6-8-14)26-24-15(23-25-26)11-3-2-4-12(9-11)17(19,20)21/h2-10H,1H3,(H,22,27). The number of hydrogen-bond acceptors (Lipinski definition) is 4. The number of nitrogens with one attached hydrogen (secondary N) is 1. The van der Waals surface area contributed by atoms with Gasteiger partial charge in [0.25, 0.3) is 5.91 Å². The lowest BCUT2D eigenvalue weighted by atomic mass is 10.1. The normalized spacial score (nSPS) is 12.6. The van der Waals surface area contributed by atoms with Gasteiger partial charge >= 0.3 is 6.18 Å². The summed E-state index contributed by atoms with van der Waals surface area (Å²) in [6.07, 6.45) is -4.47. The van der Waals surface area contributed by atoms with Crippen LogP contribution >= 0.6 is 15.9 Å². The van der Waals surface area contributed by atoms with Gasteiger partial charge < -0.3 is 5.32 Å². The third-order valence-electron chi connectivity index (χ3n) is 3.71. The molecule has 0 aliphatic carbocycles. The zero-order chi connectivity index (χ0) is 19.6. The number of carbonyl (C=O) groups excluding carboxylic acids is 1. The van der Waals surface area contributed by atoms with Crippen molar-refractivity contribution in [2.24, 2.45) is 0 Å². The van der Waals surface area contributed by atoms with E-state index in [-0.39, 0.29) is 17.3 Å². The number of aromatic nitrogens is 4. The zero-order valence-electron chi connectivity index (χ0n) is 13.9. The molecule has 3 rings (SSSR count). The lowest BCUT2D eigenvalue weighted by Gasteiger charge is -2.10. The Kier molecular flexibility index (Phi) is 5.26. The first kappa shape index (κ1) is 19.0. The monoisotopic (exact) mass is 439 g/mol. The predicted octanol–water partition coefficient (Wildman–Crippen LogP) is 4.32. The number of benzene rings is 2. The van der Waals surface area contributed by atoms with Gasteiger partial charge in [-0.1, -0.05) is 28.1 Å². The summed E-state index contributed by atoms with van der Waals surface area (Å²) in [5, 5.41) is 14.3. The number of tetrazole rings is 1. The van der Waals surface area contributed by atoms with Crippen LogP contribution in [0.2, 0.25) is 0 Å². The fourth-order valence-electron chi connectivity index (χ4n) is 2.22. The Balaban J connectivity index is 1.76.